The number of aliphatic hydroxyl groups is 1. The highest BCUT2D eigenvalue weighted by Gasteiger charge is 2.29. The molecule has 3 heteroatoms. The second kappa shape index (κ2) is 7.26. The minimum absolute atomic E-state index is 0.653. The second-order valence-corrected chi connectivity index (χ2v) is 6.17. The van der Waals surface area contributed by atoms with Gasteiger partial charge in [-0.05, 0) is 23.1 Å². The van der Waals surface area contributed by atoms with Crippen molar-refractivity contribution in [2.45, 2.75) is 25.5 Å². The van der Waals surface area contributed by atoms with E-state index in [1.165, 1.54) is 5.56 Å². The monoisotopic (exact) mass is 311 g/mol. The topological polar surface area (TPSA) is 32.7 Å². The van der Waals surface area contributed by atoms with Crippen LogP contribution in [-0.4, -0.2) is 36.3 Å². The first-order valence-electron chi connectivity index (χ1n) is 8.40. The van der Waals surface area contributed by atoms with Crippen molar-refractivity contribution in [3.05, 3.63) is 71.3 Å². The molecule has 2 aromatic rings. The molecule has 1 saturated heterocycles. The largest absolute Gasteiger partial charge is 0.380 e. The lowest BCUT2D eigenvalue weighted by Gasteiger charge is -2.29. The predicted molar refractivity (Wildman–Crippen MR) is 92.3 cm³/mol. The van der Waals surface area contributed by atoms with Crippen LogP contribution in [0, 0.1) is 0 Å². The van der Waals surface area contributed by atoms with E-state index in [0.717, 1.165) is 44.0 Å². The van der Waals surface area contributed by atoms with Crippen molar-refractivity contribution < 1.29 is 9.84 Å². The third kappa shape index (κ3) is 3.63. The Morgan fingerprint density at radius 2 is 1.57 bits per heavy atom. The van der Waals surface area contributed by atoms with Gasteiger partial charge in [0.25, 0.3) is 0 Å². The first-order valence-corrected chi connectivity index (χ1v) is 8.40. The average Bonchev–Trinajstić information content (AvgIpc) is 2.63. The molecule has 1 heterocycles. The van der Waals surface area contributed by atoms with E-state index in [0.29, 0.717) is 6.42 Å². The molecule has 1 unspecified atom stereocenters. The maximum Gasteiger partial charge on any atom is 0.114 e. The molecule has 0 aliphatic carbocycles. The summed E-state index contributed by atoms with van der Waals surface area (Å²) in [6.45, 7) is 6.59. The average molecular weight is 311 g/mol. The van der Waals surface area contributed by atoms with Gasteiger partial charge in [-0.2, -0.15) is 0 Å². The van der Waals surface area contributed by atoms with Crippen molar-refractivity contribution >= 4 is 0 Å². The van der Waals surface area contributed by atoms with Crippen LogP contribution in [0.3, 0.4) is 0 Å². The number of morpholine rings is 1. The maximum absolute atomic E-state index is 11.1. The Bertz CT molecular complexity index is 605. The van der Waals surface area contributed by atoms with Crippen molar-refractivity contribution in [2.24, 2.45) is 0 Å². The van der Waals surface area contributed by atoms with Gasteiger partial charge in [0.2, 0.25) is 0 Å². The zero-order valence-electron chi connectivity index (χ0n) is 13.7. The van der Waals surface area contributed by atoms with Gasteiger partial charge in [0.15, 0.2) is 0 Å². The molecule has 0 spiro atoms. The second-order valence-electron chi connectivity index (χ2n) is 6.17. The van der Waals surface area contributed by atoms with Gasteiger partial charge in [-0.1, -0.05) is 61.5 Å². The Hall–Kier alpha value is -1.68. The summed E-state index contributed by atoms with van der Waals surface area (Å²) in [6.07, 6.45) is 0.653. The van der Waals surface area contributed by atoms with E-state index in [4.69, 9.17) is 4.74 Å². The summed E-state index contributed by atoms with van der Waals surface area (Å²) in [5, 5.41) is 11.1. The van der Waals surface area contributed by atoms with E-state index in [1.54, 1.807) is 0 Å². The minimum atomic E-state index is -0.918. The lowest BCUT2D eigenvalue weighted by atomic mass is 9.84. The summed E-state index contributed by atoms with van der Waals surface area (Å²) in [7, 11) is 0. The number of ether oxygens (including phenoxy) is 1. The van der Waals surface area contributed by atoms with Gasteiger partial charge in [0.1, 0.15) is 5.60 Å². The molecule has 1 atom stereocenters. The number of rotatable bonds is 5. The molecule has 23 heavy (non-hydrogen) atoms. The molecule has 0 bridgehead atoms. The molecule has 0 aromatic heterocycles. The number of hydrogen-bond acceptors (Lipinski definition) is 3. The van der Waals surface area contributed by atoms with Crippen molar-refractivity contribution in [1.29, 1.82) is 0 Å². The van der Waals surface area contributed by atoms with E-state index < -0.39 is 5.60 Å². The molecule has 3 rings (SSSR count). The smallest absolute Gasteiger partial charge is 0.114 e. The van der Waals surface area contributed by atoms with E-state index in [1.807, 2.05) is 37.3 Å². The maximum atomic E-state index is 11.1. The van der Waals surface area contributed by atoms with Crippen molar-refractivity contribution in [2.75, 3.05) is 26.3 Å². The zero-order valence-corrected chi connectivity index (χ0v) is 13.7. The van der Waals surface area contributed by atoms with Gasteiger partial charge < -0.3 is 9.84 Å². The van der Waals surface area contributed by atoms with Crippen molar-refractivity contribution in [1.82, 2.24) is 4.90 Å². The molecule has 3 nitrogen and oxygen atoms in total. The van der Waals surface area contributed by atoms with Gasteiger partial charge >= 0.3 is 0 Å². The first kappa shape index (κ1) is 16.2. The Kier molecular flexibility index (Phi) is 5.11. The van der Waals surface area contributed by atoms with Crippen molar-refractivity contribution in [3.8, 4) is 0 Å². The van der Waals surface area contributed by atoms with Crippen LogP contribution in [0.4, 0.5) is 0 Å². The summed E-state index contributed by atoms with van der Waals surface area (Å²) in [5.41, 5.74) is 2.26. The molecule has 0 saturated carbocycles. The van der Waals surface area contributed by atoms with Crippen LogP contribution >= 0.6 is 0 Å². The minimum Gasteiger partial charge on any atom is -0.380 e. The standard InChI is InChI=1S/C20H25NO2/c1-2-20(22,18-6-4-3-5-7-18)19-10-8-17(9-11-19)16-21-12-14-23-15-13-21/h3-11,22H,2,12-16H2,1H3. The van der Waals surface area contributed by atoms with Crippen LogP contribution < -0.4 is 0 Å². The van der Waals surface area contributed by atoms with Gasteiger partial charge in [-0.25, -0.2) is 0 Å². The Balaban J connectivity index is 1.77. The highest BCUT2D eigenvalue weighted by Crippen LogP contribution is 2.32. The summed E-state index contributed by atoms with van der Waals surface area (Å²) in [6, 6.07) is 18.3. The normalized spacial score (nSPS) is 18.5. The van der Waals surface area contributed by atoms with Crippen LogP contribution in [0.5, 0.6) is 0 Å². The molecule has 122 valence electrons. The lowest BCUT2D eigenvalue weighted by Crippen LogP contribution is -2.35. The number of benzene rings is 2. The molecular weight excluding hydrogens is 286 g/mol. The summed E-state index contributed by atoms with van der Waals surface area (Å²) >= 11 is 0. The fraction of sp³-hybridized carbons (Fsp3) is 0.400. The quantitative estimate of drug-likeness (QED) is 0.920. The molecule has 1 aliphatic heterocycles. The van der Waals surface area contributed by atoms with E-state index in [2.05, 4.69) is 29.2 Å². The molecule has 2 aromatic carbocycles. The van der Waals surface area contributed by atoms with Crippen molar-refractivity contribution in [3.63, 3.8) is 0 Å². The molecule has 1 aliphatic rings. The van der Waals surface area contributed by atoms with Gasteiger partial charge in [-0.15, -0.1) is 0 Å². The third-order valence-electron chi connectivity index (χ3n) is 4.70. The number of hydrogen-bond donors (Lipinski definition) is 1. The van der Waals surface area contributed by atoms with E-state index in [-0.39, 0.29) is 0 Å². The highest BCUT2D eigenvalue weighted by molar-refractivity contribution is 5.37. The Labute approximate surface area is 138 Å². The van der Waals surface area contributed by atoms with Crippen LogP contribution in [0.1, 0.15) is 30.0 Å². The van der Waals surface area contributed by atoms with E-state index in [9.17, 15) is 5.11 Å². The molecule has 1 N–H and O–H groups in total. The lowest BCUT2D eigenvalue weighted by molar-refractivity contribution is 0.0341. The van der Waals surface area contributed by atoms with Crippen LogP contribution in [0.25, 0.3) is 0 Å². The molecule has 0 amide bonds. The van der Waals surface area contributed by atoms with Gasteiger partial charge in [0, 0.05) is 19.6 Å². The highest BCUT2D eigenvalue weighted by atomic mass is 16.5. The van der Waals surface area contributed by atoms with Gasteiger partial charge in [-0.3, -0.25) is 4.90 Å². The molecular formula is C20H25NO2. The van der Waals surface area contributed by atoms with Gasteiger partial charge in [0.05, 0.1) is 13.2 Å². The third-order valence-corrected chi connectivity index (χ3v) is 4.70. The Morgan fingerprint density at radius 1 is 0.957 bits per heavy atom. The first-order chi connectivity index (χ1) is 11.2. The summed E-state index contributed by atoms with van der Waals surface area (Å²) < 4.78 is 5.39. The summed E-state index contributed by atoms with van der Waals surface area (Å²) in [4.78, 5) is 2.40. The number of nitrogens with zero attached hydrogens (tertiary/aromatic N) is 1. The molecule has 0 radical (unpaired) electrons. The van der Waals surface area contributed by atoms with Crippen LogP contribution in [-0.2, 0) is 16.9 Å². The summed E-state index contributed by atoms with van der Waals surface area (Å²) in [5.74, 6) is 0. The fourth-order valence-electron chi connectivity index (χ4n) is 3.19. The Morgan fingerprint density at radius 3 is 2.17 bits per heavy atom. The predicted octanol–water partition coefficient (Wildman–Crippen LogP) is 3.16. The van der Waals surface area contributed by atoms with E-state index >= 15 is 0 Å². The van der Waals surface area contributed by atoms with Crippen LogP contribution in [0.2, 0.25) is 0 Å². The van der Waals surface area contributed by atoms with Crippen LogP contribution in [0.15, 0.2) is 54.6 Å². The molecule has 1 fully saturated rings. The zero-order chi connectivity index (χ0) is 16.1. The SMILES string of the molecule is CCC(O)(c1ccccc1)c1ccc(CN2CCOCC2)cc1. The fourth-order valence-corrected chi connectivity index (χ4v) is 3.19.